The second-order valence-corrected chi connectivity index (χ2v) is 10.8. The maximum atomic E-state index is 14.0. The van der Waals surface area contributed by atoms with E-state index in [2.05, 4.69) is 5.32 Å². The molecule has 3 rings (SSSR count). The lowest BCUT2D eigenvalue weighted by Crippen LogP contribution is -2.54. The standard InChI is InChI=1S/C28H34N4O4S/c1-4-29-28(34)26(20-23-14-8-5-9-15-23)31(21-24-16-10-6-11-17-24)27(33)22-32(37(35,36)30(2)3)25-18-12-7-13-19-25/h5-19,26H,4,20-22H2,1-3H3,(H,29,34)/t26-/m1/s1. The molecule has 0 aromatic heterocycles. The highest BCUT2D eigenvalue weighted by atomic mass is 32.2. The highest BCUT2D eigenvalue weighted by Gasteiger charge is 2.34. The Bertz CT molecular complexity index is 1250. The lowest BCUT2D eigenvalue weighted by Gasteiger charge is -2.34. The summed E-state index contributed by atoms with van der Waals surface area (Å²) in [6.07, 6.45) is 0.289. The van der Waals surface area contributed by atoms with E-state index in [0.29, 0.717) is 12.2 Å². The molecule has 0 saturated carbocycles. The van der Waals surface area contributed by atoms with Crippen molar-refractivity contribution in [2.45, 2.75) is 25.9 Å². The van der Waals surface area contributed by atoms with E-state index in [1.807, 2.05) is 67.6 Å². The van der Waals surface area contributed by atoms with Crippen molar-refractivity contribution in [1.82, 2.24) is 14.5 Å². The van der Waals surface area contributed by atoms with Crippen LogP contribution >= 0.6 is 0 Å². The van der Waals surface area contributed by atoms with Gasteiger partial charge in [-0.3, -0.25) is 9.59 Å². The molecule has 0 saturated heterocycles. The van der Waals surface area contributed by atoms with Crippen LogP contribution in [-0.2, 0) is 32.8 Å². The first-order chi connectivity index (χ1) is 17.7. The Kier molecular flexibility index (Phi) is 9.82. The molecule has 1 atom stereocenters. The maximum Gasteiger partial charge on any atom is 0.304 e. The molecule has 3 aromatic rings. The Morgan fingerprint density at radius 2 is 1.32 bits per heavy atom. The summed E-state index contributed by atoms with van der Waals surface area (Å²) in [6, 6.07) is 26.5. The second kappa shape index (κ2) is 13.0. The van der Waals surface area contributed by atoms with Gasteiger partial charge in [-0.2, -0.15) is 12.7 Å². The van der Waals surface area contributed by atoms with Crippen LogP contribution < -0.4 is 9.62 Å². The van der Waals surface area contributed by atoms with Crippen LogP contribution in [0.15, 0.2) is 91.0 Å². The van der Waals surface area contributed by atoms with Crippen LogP contribution in [0.3, 0.4) is 0 Å². The summed E-state index contributed by atoms with van der Waals surface area (Å²) >= 11 is 0. The zero-order chi connectivity index (χ0) is 26.8. The number of nitrogens with zero attached hydrogens (tertiary/aromatic N) is 3. The van der Waals surface area contributed by atoms with Gasteiger partial charge < -0.3 is 10.2 Å². The van der Waals surface area contributed by atoms with Crippen molar-refractivity contribution in [3.63, 3.8) is 0 Å². The van der Waals surface area contributed by atoms with Crippen molar-refractivity contribution in [3.8, 4) is 0 Å². The molecule has 0 unspecified atom stereocenters. The number of amides is 2. The number of benzene rings is 3. The Hall–Kier alpha value is -3.69. The summed E-state index contributed by atoms with van der Waals surface area (Å²) in [5, 5.41) is 2.85. The van der Waals surface area contributed by atoms with Gasteiger partial charge in [0, 0.05) is 33.6 Å². The van der Waals surface area contributed by atoms with Gasteiger partial charge in [0.25, 0.3) is 0 Å². The van der Waals surface area contributed by atoms with Gasteiger partial charge in [0.05, 0.1) is 5.69 Å². The second-order valence-electron chi connectivity index (χ2n) is 8.74. The monoisotopic (exact) mass is 522 g/mol. The lowest BCUT2D eigenvalue weighted by atomic mass is 10.0. The van der Waals surface area contributed by atoms with E-state index in [-0.39, 0.29) is 18.9 Å². The molecule has 0 spiro atoms. The van der Waals surface area contributed by atoms with E-state index < -0.39 is 28.7 Å². The molecule has 37 heavy (non-hydrogen) atoms. The van der Waals surface area contributed by atoms with Gasteiger partial charge in [-0.1, -0.05) is 78.9 Å². The summed E-state index contributed by atoms with van der Waals surface area (Å²) in [5.74, 6) is -0.775. The normalized spacial score (nSPS) is 12.1. The van der Waals surface area contributed by atoms with E-state index in [1.54, 1.807) is 30.3 Å². The molecule has 0 aliphatic carbocycles. The van der Waals surface area contributed by atoms with Gasteiger partial charge in [-0.25, -0.2) is 4.31 Å². The van der Waals surface area contributed by atoms with E-state index in [4.69, 9.17) is 0 Å². The molecule has 0 bridgehead atoms. The Morgan fingerprint density at radius 3 is 1.84 bits per heavy atom. The third kappa shape index (κ3) is 7.41. The minimum atomic E-state index is -3.99. The number of likely N-dealkylation sites (N-methyl/N-ethyl adjacent to an activating group) is 1. The average molecular weight is 523 g/mol. The van der Waals surface area contributed by atoms with Gasteiger partial charge in [-0.15, -0.1) is 0 Å². The molecule has 0 radical (unpaired) electrons. The van der Waals surface area contributed by atoms with Crippen molar-refractivity contribution in [2.24, 2.45) is 0 Å². The number of carbonyl (C=O) groups excluding carboxylic acids is 2. The third-order valence-electron chi connectivity index (χ3n) is 5.88. The average Bonchev–Trinajstić information content (AvgIpc) is 2.90. The van der Waals surface area contributed by atoms with E-state index >= 15 is 0 Å². The highest BCUT2D eigenvalue weighted by molar-refractivity contribution is 7.90. The largest absolute Gasteiger partial charge is 0.355 e. The van der Waals surface area contributed by atoms with Crippen LogP contribution in [0, 0.1) is 0 Å². The molecule has 0 fully saturated rings. The number of rotatable bonds is 12. The van der Waals surface area contributed by atoms with E-state index in [0.717, 1.165) is 19.7 Å². The topological polar surface area (TPSA) is 90.0 Å². The molecule has 0 aliphatic heterocycles. The van der Waals surface area contributed by atoms with Crippen LogP contribution in [-0.4, -0.2) is 62.7 Å². The molecule has 1 N–H and O–H groups in total. The van der Waals surface area contributed by atoms with Crippen LogP contribution in [0.1, 0.15) is 18.1 Å². The fraction of sp³-hybridized carbons (Fsp3) is 0.286. The van der Waals surface area contributed by atoms with Crippen LogP contribution in [0.25, 0.3) is 0 Å². The Labute approximate surface area is 219 Å². The molecule has 0 aliphatic rings. The van der Waals surface area contributed by atoms with E-state index in [1.165, 1.54) is 19.0 Å². The maximum absolute atomic E-state index is 14.0. The van der Waals surface area contributed by atoms with Crippen molar-refractivity contribution in [2.75, 3.05) is 31.5 Å². The number of hydrogen-bond donors (Lipinski definition) is 1. The van der Waals surface area contributed by atoms with Gasteiger partial charge in [0.1, 0.15) is 12.6 Å². The fourth-order valence-electron chi connectivity index (χ4n) is 3.94. The zero-order valence-corrected chi connectivity index (χ0v) is 22.3. The van der Waals surface area contributed by atoms with Gasteiger partial charge in [0.2, 0.25) is 11.8 Å². The molecule has 196 valence electrons. The number of nitrogens with one attached hydrogen (secondary N) is 1. The minimum absolute atomic E-state index is 0.152. The minimum Gasteiger partial charge on any atom is -0.355 e. The van der Waals surface area contributed by atoms with Gasteiger partial charge in [-0.05, 0) is 30.2 Å². The van der Waals surface area contributed by atoms with Crippen molar-refractivity contribution < 1.29 is 18.0 Å². The van der Waals surface area contributed by atoms with Crippen LogP contribution in [0.2, 0.25) is 0 Å². The van der Waals surface area contributed by atoms with E-state index in [9.17, 15) is 18.0 Å². The molecular weight excluding hydrogens is 488 g/mol. The fourth-order valence-corrected chi connectivity index (χ4v) is 4.99. The SMILES string of the molecule is CCNC(=O)[C@@H](Cc1ccccc1)N(Cc1ccccc1)C(=O)CN(c1ccccc1)S(=O)(=O)N(C)C. The first-order valence-electron chi connectivity index (χ1n) is 12.1. The number of anilines is 1. The Morgan fingerprint density at radius 1 is 0.811 bits per heavy atom. The number of para-hydroxylation sites is 1. The van der Waals surface area contributed by atoms with Crippen molar-refractivity contribution in [3.05, 3.63) is 102 Å². The first-order valence-corrected chi connectivity index (χ1v) is 13.5. The van der Waals surface area contributed by atoms with Crippen molar-refractivity contribution >= 4 is 27.7 Å². The molecule has 8 nitrogen and oxygen atoms in total. The van der Waals surface area contributed by atoms with Gasteiger partial charge in [0.15, 0.2) is 0 Å². The predicted octanol–water partition coefficient (Wildman–Crippen LogP) is 3.08. The summed E-state index contributed by atoms with van der Waals surface area (Å²) in [7, 11) is -1.15. The summed E-state index contributed by atoms with van der Waals surface area (Å²) in [5.41, 5.74) is 2.09. The molecule has 2 amide bonds. The van der Waals surface area contributed by atoms with Crippen molar-refractivity contribution in [1.29, 1.82) is 0 Å². The first kappa shape index (κ1) is 27.9. The Balaban J connectivity index is 2.04. The lowest BCUT2D eigenvalue weighted by molar-refractivity contribution is -0.140. The zero-order valence-electron chi connectivity index (χ0n) is 21.4. The van der Waals surface area contributed by atoms with Crippen LogP contribution in [0.4, 0.5) is 5.69 Å². The number of carbonyl (C=O) groups is 2. The highest BCUT2D eigenvalue weighted by Crippen LogP contribution is 2.21. The molecule has 0 heterocycles. The summed E-state index contributed by atoms with van der Waals surface area (Å²) in [6.45, 7) is 1.92. The molecule has 3 aromatic carbocycles. The summed E-state index contributed by atoms with van der Waals surface area (Å²) < 4.78 is 28.6. The number of hydrogen-bond acceptors (Lipinski definition) is 4. The quantitative estimate of drug-likeness (QED) is 0.396. The van der Waals surface area contributed by atoms with Crippen LogP contribution in [0.5, 0.6) is 0 Å². The van der Waals surface area contributed by atoms with Gasteiger partial charge >= 0.3 is 10.2 Å². The molecule has 9 heteroatoms. The smallest absolute Gasteiger partial charge is 0.304 e. The predicted molar refractivity (Wildman–Crippen MR) is 146 cm³/mol. The summed E-state index contributed by atoms with van der Waals surface area (Å²) in [4.78, 5) is 28.7. The molecular formula is C28H34N4O4S. The third-order valence-corrected chi connectivity index (χ3v) is 7.70.